The van der Waals surface area contributed by atoms with Crippen molar-refractivity contribution >= 4 is 47.4 Å². The van der Waals surface area contributed by atoms with E-state index in [9.17, 15) is 13.2 Å². The summed E-state index contributed by atoms with van der Waals surface area (Å²) in [6, 6.07) is 0.945. The lowest BCUT2D eigenvalue weighted by atomic mass is 10.2. The zero-order valence-corrected chi connectivity index (χ0v) is 19.8. The van der Waals surface area contributed by atoms with Gasteiger partial charge in [0.05, 0.1) is 22.8 Å². The molecular weight excluding hydrogens is 536 g/mol. The number of alkyl halides is 3. The van der Waals surface area contributed by atoms with Crippen molar-refractivity contribution in [3.63, 3.8) is 0 Å². The summed E-state index contributed by atoms with van der Waals surface area (Å²) in [7, 11) is 1.66. The number of rotatable bonds is 4. The molecular formula is C18H23ClF3IN6O. The lowest BCUT2D eigenvalue weighted by molar-refractivity contribution is -0.137. The van der Waals surface area contributed by atoms with Gasteiger partial charge in [0.2, 0.25) is 5.89 Å². The third kappa shape index (κ3) is 5.90. The van der Waals surface area contributed by atoms with Crippen molar-refractivity contribution in [2.24, 2.45) is 4.99 Å². The molecule has 0 aliphatic carbocycles. The highest BCUT2D eigenvalue weighted by atomic mass is 127. The SMILES string of the molecule is CN=C(NCc1nc(C)c(C)o1)NC1CCN(c2ncc(C(F)(F)F)cc2Cl)C1.I. The third-order valence-corrected chi connectivity index (χ3v) is 4.96. The van der Waals surface area contributed by atoms with E-state index >= 15 is 0 Å². The van der Waals surface area contributed by atoms with Crippen LogP contribution in [0.15, 0.2) is 21.7 Å². The Balaban J connectivity index is 0.00000320. The molecule has 1 atom stereocenters. The molecule has 0 spiro atoms. The summed E-state index contributed by atoms with van der Waals surface area (Å²) in [6.07, 6.45) is -2.90. The van der Waals surface area contributed by atoms with Gasteiger partial charge in [-0.05, 0) is 26.3 Å². The van der Waals surface area contributed by atoms with Gasteiger partial charge in [0, 0.05) is 32.4 Å². The molecule has 3 heterocycles. The van der Waals surface area contributed by atoms with Gasteiger partial charge in [-0.3, -0.25) is 4.99 Å². The van der Waals surface area contributed by atoms with Gasteiger partial charge >= 0.3 is 6.18 Å². The largest absolute Gasteiger partial charge is 0.444 e. The molecule has 2 N–H and O–H groups in total. The molecule has 1 aliphatic rings. The second kappa shape index (κ2) is 10.0. The number of nitrogens with zero attached hydrogens (tertiary/aromatic N) is 4. The molecule has 12 heteroatoms. The second-order valence-electron chi connectivity index (χ2n) is 6.78. The van der Waals surface area contributed by atoms with Crippen LogP contribution in [-0.2, 0) is 12.7 Å². The van der Waals surface area contributed by atoms with Gasteiger partial charge < -0.3 is 20.0 Å². The summed E-state index contributed by atoms with van der Waals surface area (Å²) in [4.78, 5) is 14.3. The van der Waals surface area contributed by atoms with E-state index in [4.69, 9.17) is 16.0 Å². The fourth-order valence-corrected chi connectivity index (χ4v) is 3.34. The van der Waals surface area contributed by atoms with Crippen molar-refractivity contribution < 1.29 is 17.6 Å². The Morgan fingerprint density at radius 3 is 2.70 bits per heavy atom. The van der Waals surface area contributed by atoms with E-state index in [-0.39, 0.29) is 35.0 Å². The fraction of sp³-hybridized carbons (Fsp3) is 0.500. The number of hydrogen-bond donors (Lipinski definition) is 2. The first-order valence-corrected chi connectivity index (χ1v) is 9.43. The Morgan fingerprint density at radius 1 is 1.40 bits per heavy atom. The van der Waals surface area contributed by atoms with E-state index in [0.29, 0.717) is 37.3 Å². The maximum atomic E-state index is 12.8. The molecule has 0 bridgehead atoms. The lowest BCUT2D eigenvalue weighted by Crippen LogP contribution is -2.44. The topological polar surface area (TPSA) is 78.6 Å². The number of oxazole rings is 1. The van der Waals surface area contributed by atoms with Gasteiger partial charge in [-0.2, -0.15) is 13.2 Å². The van der Waals surface area contributed by atoms with E-state index in [1.54, 1.807) is 7.05 Å². The van der Waals surface area contributed by atoms with Crippen molar-refractivity contribution in [1.82, 2.24) is 20.6 Å². The summed E-state index contributed by atoms with van der Waals surface area (Å²) in [5, 5.41) is 6.41. The molecule has 0 aromatic carbocycles. The van der Waals surface area contributed by atoms with Crippen LogP contribution in [0.2, 0.25) is 5.02 Å². The number of aryl methyl sites for hydroxylation is 2. The van der Waals surface area contributed by atoms with E-state index in [1.807, 2.05) is 18.7 Å². The average Bonchev–Trinajstić information content (AvgIpc) is 3.24. The van der Waals surface area contributed by atoms with Crippen LogP contribution in [0, 0.1) is 13.8 Å². The van der Waals surface area contributed by atoms with E-state index < -0.39 is 11.7 Å². The Hall–Kier alpha value is -1.76. The minimum absolute atomic E-state index is 0. The minimum Gasteiger partial charge on any atom is -0.444 e. The molecule has 1 unspecified atom stereocenters. The first kappa shape index (κ1) is 24.5. The van der Waals surface area contributed by atoms with Crippen LogP contribution in [0.1, 0.15) is 29.3 Å². The first-order chi connectivity index (χ1) is 13.7. The molecule has 166 valence electrons. The normalized spacial score (nSPS) is 17.1. The average molecular weight is 559 g/mol. The molecule has 2 aromatic rings. The zero-order valence-electron chi connectivity index (χ0n) is 16.7. The predicted molar refractivity (Wildman–Crippen MR) is 120 cm³/mol. The van der Waals surface area contributed by atoms with Gasteiger partial charge in [-0.25, -0.2) is 9.97 Å². The maximum Gasteiger partial charge on any atom is 0.417 e. The van der Waals surface area contributed by atoms with Gasteiger partial charge in [0.1, 0.15) is 11.6 Å². The van der Waals surface area contributed by atoms with E-state index in [1.165, 1.54) is 0 Å². The molecule has 0 saturated carbocycles. The molecule has 0 radical (unpaired) electrons. The van der Waals surface area contributed by atoms with Gasteiger partial charge in [-0.1, -0.05) is 11.6 Å². The number of nitrogens with one attached hydrogen (secondary N) is 2. The molecule has 1 aliphatic heterocycles. The van der Waals surface area contributed by atoms with E-state index in [2.05, 4.69) is 25.6 Å². The summed E-state index contributed by atoms with van der Waals surface area (Å²) in [6.45, 7) is 5.27. The highest BCUT2D eigenvalue weighted by Crippen LogP contribution is 2.34. The van der Waals surface area contributed by atoms with Crippen LogP contribution in [-0.4, -0.2) is 42.1 Å². The van der Waals surface area contributed by atoms with Crippen LogP contribution < -0.4 is 15.5 Å². The zero-order chi connectivity index (χ0) is 21.2. The van der Waals surface area contributed by atoms with Crippen molar-refractivity contribution in [2.45, 2.75) is 39.0 Å². The highest BCUT2D eigenvalue weighted by Gasteiger charge is 2.33. The van der Waals surface area contributed by atoms with Gasteiger partial charge in [0.25, 0.3) is 0 Å². The molecule has 0 amide bonds. The summed E-state index contributed by atoms with van der Waals surface area (Å²) in [5.74, 6) is 2.27. The Labute approximate surface area is 194 Å². The Bertz CT molecular complexity index is 885. The third-order valence-electron chi connectivity index (χ3n) is 4.68. The molecule has 3 rings (SSSR count). The van der Waals surface area contributed by atoms with Crippen molar-refractivity contribution in [3.8, 4) is 0 Å². The smallest absolute Gasteiger partial charge is 0.417 e. The number of hydrogen-bond acceptors (Lipinski definition) is 5. The van der Waals surface area contributed by atoms with Gasteiger partial charge in [0.15, 0.2) is 5.96 Å². The molecule has 1 saturated heterocycles. The minimum atomic E-state index is -4.47. The van der Waals surface area contributed by atoms with Crippen LogP contribution in [0.5, 0.6) is 0 Å². The second-order valence-corrected chi connectivity index (χ2v) is 7.19. The van der Waals surface area contributed by atoms with Crippen molar-refractivity contribution in [3.05, 3.63) is 40.2 Å². The summed E-state index contributed by atoms with van der Waals surface area (Å²) < 4.78 is 43.9. The molecule has 30 heavy (non-hydrogen) atoms. The van der Waals surface area contributed by atoms with Crippen LogP contribution >= 0.6 is 35.6 Å². The van der Waals surface area contributed by atoms with Crippen LogP contribution in [0.25, 0.3) is 0 Å². The van der Waals surface area contributed by atoms with Crippen LogP contribution in [0.3, 0.4) is 0 Å². The number of aliphatic imine (C=N–C) groups is 1. The molecule has 2 aromatic heterocycles. The van der Waals surface area contributed by atoms with Crippen molar-refractivity contribution in [2.75, 3.05) is 25.0 Å². The quantitative estimate of drug-likeness (QED) is 0.337. The van der Waals surface area contributed by atoms with Crippen molar-refractivity contribution in [1.29, 1.82) is 0 Å². The standard InChI is InChI=1S/C18H22ClF3N6O.HI/c1-10-11(2)29-15(26-10)8-25-17(23-3)27-13-4-5-28(9-13)16-14(19)6-12(7-24-16)18(20,21)22;/h6-7,13H,4-5,8-9H2,1-3H3,(H2,23,25,27);1H. The number of halogens is 5. The fourth-order valence-electron chi connectivity index (χ4n) is 3.05. The molecule has 1 fully saturated rings. The Kier molecular flexibility index (Phi) is 8.20. The summed E-state index contributed by atoms with van der Waals surface area (Å²) in [5.41, 5.74) is -0.0150. The number of guanidine groups is 1. The first-order valence-electron chi connectivity index (χ1n) is 9.05. The predicted octanol–water partition coefficient (Wildman–Crippen LogP) is 3.92. The molecule has 7 nitrogen and oxygen atoms in total. The van der Waals surface area contributed by atoms with Gasteiger partial charge in [-0.15, -0.1) is 24.0 Å². The van der Waals surface area contributed by atoms with Crippen LogP contribution in [0.4, 0.5) is 19.0 Å². The number of aromatic nitrogens is 2. The monoisotopic (exact) mass is 558 g/mol. The maximum absolute atomic E-state index is 12.8. The number of pyridine rings is 1. The Morgan fingerprint density at radius 2 is 2.13 bits per heavy atom. The number of anilines is 1. The highest BCUT2D eigenvalue weighted by molar-refractivity contribution is 14.0. The van der Waals surface area contributed by atoms with E-state index in [0.717, 1.165) is 30.1 Å². The summed E-state index contributed by atoms with van der Waals surface area (Å²) >= 11 is 6.05. The lowest BCUT2D eigenvalue weighted by Gasteiger charge is -2.21.